The first-order valence-electron chi connectivity index (χ1n) is 10.7. The number of halogens is 1. The zero-order valence-corrected chi connectivity index (χ0v) is 19.6. The predicted octanol–water partition coefficient (Wildman–Crippen LogP) is 4.29. The van der Waals surface area contributed by atoms with Crippen molar-refractivity contribution in [2.45, 2.75) is 45.5 Å². The van der Waals surface area contributed by atoms with Crippen LogP contribution in [0.25, 0.3) is 11.2 Å². The summed E-state index contributed by atoms with van der Waals surface area (Å²) in [6, 6.07) is 15.2. The van der Waals surface area contributed by atoms with Gasteiger partial charge >= 0.3 is 0 Å². The SMILES string of the molecule is CC(Nc1nc(NCc2cc(Cl)ccc2N)c2ncn(Cc3ccccc3)c2n1)C(C)(C)O. The molecule has 4 rings (SSSR count). The van der Waals surface area contributed by atoms with Crippen molar-refractivity contribution in [3.05, 3.63) is 71.0 Å². The van der Waals surface area contributed by atoms with Gasteiger partial charge in [0.05, 0.1) is 24.5 Å². The lowest BCUT2D eigenvalue weighted by Crippen LogP contribution is -2.39. The van der Waals surface area contributed by atoms with E-state index >= 15 is 0 Å². The summed E-state index contributed by atoms with van der Waals surface area (Å²) >= 11 is 6.14. The fraction of sp³-hybridized carbons (Fsp3) is 0.292. The molecule has 2 aromatic carbocycles. The maximum Gasteiger partial charge on any atom is 0.227 e. The predicted molar refractivity (Wildman–Crippen MR) is 133 cm³/mol. The summed E-state index contributed by atoms with van der Waals surface area (Å²) in [6.07, 6.45) is 1.76. The normalized spacial score (nSPS) is 12.6. The monoisotopic (exact) mass is 465 g/mol. The standard InChI is InChI=1S/C24H28ClN7O/c1-15(24(2,3)33)29-23-30-21(27-12-17-11-18(25)9-10-19(17)26)20-22(31-23)32(14-28-20)13-16-7-5-4-6-8-16/h4-11,14-15,33H,12-13,26H2,1-3H3,(H2,27,29,30,31). The topological polar surface area (TPSA) is 114 Å². The van der Waals surface area contributed by atoms with E-state index in [1.54, 1.807) is 32.3 Å². The number of hydrogen-bond donors (Lipinski definition) is 4. The summed E-state index contributed by atoms with van der Waals surface area (Å²) in [4.78, 5) is 13.9. The number of benzene rings is 2. The average molecular weight is 466 g/mol. The van der Waals surface area contributed by atoms with E-state index in [0.717, 1.165) is 11.1 Å². The molecule has 0 saturated heterocycles. The van der Waals surface area contributed by atoms with Crippen molar-refractivity contribution in [2.75, 3.05) is 16.4 Å². The van der Waals surface area contributed by atoms with Crippen LogP contribution in [0.4, 0.5) is 17.5 Å². The molecule has 0 saturated carbocycles. The first-order chi connectivity index (χ1) is 15.7. The minimum absolute atomic E-state index is 0.281. The Balaban J connectivity index is 1.71. The average Bonchev–Trinajstić information content (AvgIpc) is 3.17. The van der Waals surface area contributed by atoms with E-state index in [1.807, 2.05) is 35.8 Å². The third kappa shape index (κ3) is 5.35. The van der Waals surface area contributed by atoms with Gasteiger partial charge in [0.1, 0.15) is 0 Å². The van der Waals surface area contributed by atoms with Crippen LogP contribution in [0.1, 0.15) is 31.9 Å². The highest BCUT2D eigenvalue weighted by atomic mass is 35.5. The zero-order valence-electron chi connectivity index (χ0n) is 18.9. The third-order valence-corrected chi connectivity index (χ3v) is 5.85. The summed E-state index contributed by atoms with van der Waals surface area (Å²) in [7, 11) is 0. The number of hydrogen-bond acceptors (Lipinski definition) is 7. The molecule has 1 unspecified atom stereocenters. The second-order valence-corrected chi connectivity index (χ2v) is 9.08. The maximum absolute atomic E-state index is 10.4. The van der Waals surface area contributed by atoms with Gasteiger partial charge in [0.2, 0.25) is 5.95 Å². The Morgan fingerprint density at radius 3 is 2.64 bits per heavy atom. The number of nitrogens with zero attached hydrogens (tertiary/aromatic N) is 4. The van der Waals surface area contributed by atoms with Crippen molar-refractivity contribution in [1.29, 1.82) is 0 Å². The Morgan fingerprint density at radius 1 is 1.15 bits per heavy atom. The Morgan fingerprint density at radius 2 is 1.91 bits per heavy atom. The summed E-state index contributed by atoms with van der Waals surface area (Å²) in [5.41, 5.74) is 9.12. The second kappa shape index (κ2) is 9.25. The summed E-state index contributed by atoms with van der Waals surface area (Å²) < 4.78 is 1.98. The molecule has 4 aromatic rings. The number of nitrogen functional groups attached to an aromatic ring is 1. The summed E-state index contributed by atoms with van der Waals surface area (Å²) in [6.45, 7) is 6.41. The van der Waals surface area contributed by atoms with Crippen LogP contribution in [0.5, 0.6) is 0 Å². The molecule has 0 aliphatic rings. The van der Waals surface area contributed by atoms with Gasteiger partial charge in [0.25, 0.3) is 0 Å². The molecule has 0 radical (unpaired) electrons. The Bertz CT molecular complexity index is 1250. The first-order valence-corrected chi connectivity index (χ1v) is 11.1. The van der Waals surface area contributed by atoms with E-state index in [1.165, 1.54) is 0 Å². The molecule has 8 nitrogen and oxygen atoms in total. The molecule has 33 heavy (non-hydrogen) atoms. The van der Waals surface area contributed by atoms with E-state index in [4.69, 9.17) is 22.3 Å². The van der Waals surface area contributed by atoms with Gasteiger partial charge in [-0.3, -0.25) is 0 Å². The molecule has 0 bridgehead atoms. The minimum Gasteiger partial charge on any atom is -0.398 e. The van der Waals surface area contributed by atoms with E-state index in [0.29, 0.717) is 46.7 Å². The number of anilines is 3. The molecule has 9 heteroatoms. The molecule has 5 N–H and O–H groups in total. The van der Waals surface area contributed by atoms with Crippen molar-refractivity contribution >= 4 is 40.2 Å². The van der Waals surface area contributed by atoms with Crippen LogP contribution in [0.15, 0.2) is 54.9 Å². The quantitative estimate of drug-likeness (QED) is 0.287. The number of rotatable bonds is 8. The highest BCUT2D eigenvalue weighted by Gasteiger charge is 2.24. The molecule has 0 aliphatic heterocycles. The van der Waals surface area contributed by atoms with Gasteiger partial charge in [-0.05, 0) is 50.1 Å². The molecular weight excluding hydrogens is 438 g/mol. The number of imidazole rings is 1. The molecule has 0 aliphatic carbocycles. The molecular formula is C24H28ClN7O. The van der Waals surface area contributed by atoms with E-state index < -0.39 is 5.60 Å². The van der Waals surface area contributed by atoms with Crippen molar-refractivity contribution in [3.8, 4) is 0 Å². The first kappa shape index (κ1) is 22.8. The van der Waals surface area contributed by atoms with Gasteiger partial charge in [-0.15, -0.1) is 0 Å². The number of nitrogens with two attached hydrogens (primary N) is 1. The lowest BCUT2D eigenvalue weighted by Gasteiger charge is -2.26. The fourth-order valence-electron chi connectivity index (χ4n) is 3.30. The van der Waals surface area contributed by atoms with E-state index in [9.17, 15) is 5.11 Å². The zero-order chi connectivity index (χ0) is 23.6. The number of fused-ring (bicyclic) bond motifs is 1. The summed E-state index contributed by atoms with van der Waals surface area (Å²) in [5, 5.41) is 17.5. The van der Waals surface area contributed by atoms with Crippen LogP contribution >= 0.6 is 11.6 Å². The van der Waals surface area contributed by atoms with Crippen LogP contribution in [0.2, 0.25) is 5.02 Å². The molecule has 0 spiro atoms. The van der Waals surface area contributed by atoms with Crippen LogP contribution in [-0.4, -0.2) is 36.3 Å². The van der Waals surface area contributed by atoms with Crippen molar-refractivity contribution < 1.29 is 5.11 Å². The highest BCUT2D eigenvalue weighted by Crippen LogP contribution is 2.25. The van der Waals surface area contributed by atoms with Crippen LogP contribution in [0, 0.1) is 0 Å². The van der Waals surface area contributed by atoms with Gasteiger partial charge < -0.3 is 26.0 Å². The molecule has 2 heterocycles. The highest BCUT2D eigenvalue weighted by molar-refractivity contribution is 6.30. The van der Waals surface area contributed by atoms with Gasteiger partial charge in [-0.25, -0.2) is 4.98 Å². The Kier molecular flexibility index (Phi) is 6.40. The van der Waals surface area contributed by atoms with Gasteiger partial charge in [-0.1, -0.05) is 41.9 Å². The van der Waals surface area contributed by atoms with E-state index in [2.05, 4.69) is 32.7 Å². The molecule has 0 fully saturated rings. The van der Waals surface area contributed by atoms with Crippen LogP contribution in [0.3, 0.4) is 0 Å². The fourth-order valence-corrected chi connectivity index (χ4v) is 3.50. The van der Waals surface area contributed by atoms with Gasteiger partial charge in [0.15, 0.2) is 17.0 Å². The number of aromatic nitrogens is 4. The van der Waals surface area contributed by atoms with Gasteiger partial charge in [0, 0.05) is 17.3 Å². The Labute approximate surface area is 197 Å². The smallest absolute Gasteiger partial charge is 0.227 e. The molecule has 0 amide bonds. The van der Waals surface area contributed by atoms with Crippen molar-refractivity contribution in [3.63, 3.8) is 0 Å². The third-order valence-electron chi connectivity index (χ3n) is 5.62. The lowest BCUT2D eigenvalue weighted by molar-refractivity contribution is 0.0646. The van der Waals surface area contributed by atoms with Gasteiger partial charge in [-0.2, -0.15) is 9.97 Å². The minimum atomic E-state index is -0.953. The number of aliphatic hydroxyl groups is 1. The molecule has 2 aromatic heterocycles. The lowest BCUT2D eigenvalue weighted by atomic mass is 10.0. The second-order valence-electron chi connectivity index (χ2n) is 8.64. The maximum atomic E-state index is 10.4. The Hall–Kier alpha value is -3.36. The molecule has 172 valence electrons. The van der Waals surface area contributed by atoms with Crippen LogP contribution < -0.4 is 16.4 Å². The van der Waals surface area contributed by atoms with E-state index in [-0.39, 0.29) is 6.04 Å². The molecule has 1 atom stereocenters. The van der Waals surface area contributed by atoms with Crippen LogP contribution in [-0.2, 0) is 13.1 Å². The summed E-state index contributed by atoms with van der Waals surface area (Å²) in [5.74, 6) is 0.963. The van der Waals surface area contributed by atoms with Crippen molar-refractivity contribution in [1.82, 2.24) is 19.5 Å². The number of nitrogens with one attached hydrogen (secondary N) is 2. The van der Waals surface area contributed by atoms with Crippen molar-refractivity contribution in [2.24, 2.45) is 0 Å². The largest absolute Gasteiger partial charge is 0.398 e.